The molecule has 0 aromatic heterocycles. The zero-order valence-corrected chi connectivity index (χ0v) is 11.7. The Labute approximate surface area is 118 Å². The van der Waals surface area contributed by atoms with E-state index in [0.29, 0.717) is 0 Å². The molecule has 2 aromatic carbocycles. The van der Waals surface area contributed by atoms with Crippen molar-refractivity contribution in [1.82, 2.24) is 0 Å². The van der Waals surface area contributed by atoms with Crippen LogP contribution in [-0.2, 0) is 0 Å². The van der Waals surface area contributed by atoms with Crippen LogP contribution in [0.4, 0.5) is 0 Å². The molecule has 4 heteroatoms. The van der Waals surface area contributed by atoms with Crippen LogP contribution >= 0.6 is 0 Å². The van der Waals surface area contributed by atoms with Gasteiger partial charge in [-0.1, -0.05) is 12.1 Å². The quantitative estimate of drug-likeness (QED) is 0.850. The zero-order valence-electron chi connectivity index (χ0n) is 11.7. The maximum absolute atomic E-state index is 9.21. The number of hydrogen-bond acceptors (Lipinski definition) is 4. The van der Waals surface area contributed by atoms with Crippen molar-refractivity contribution in [1.29, 1.82) is 0 Å². The highest BCUT2D eigenvalue weighted by molar-refractivity contribution is 5.85. The molecule has 0 fully saturated rings. The average molecular weight is 276 g/mol. The summed E-state index contributed by atoms with van der Waals surface area (Å²) < 4.78 is 10.9. The molecule has 0 aliphatic heterocycles. The molecule has 0 heterocycles. The van der Waals surface area contributed by atoms with E-state index in [4.69, 9.17) is 9.47 Å². The first-order valence-corrected chi connectivity index (χ1v) is 6.70. The maximum atomic E-state index is 9.21. The molecule has 4 nitrogen and oxygen atoms in total. The summed E-state index contributed by atoms with van der Waals surface area (Å²) >= 11 is 0. The fraction of sp³-hybridized carbons (Fsp3) is 0.375. The van der Waals surface area contributed by atoms with Crippen molar-refractivity contribution in [3.8, 4) is 11.5 Å². The van der Waals surface area contributed by atoms with Crippen molar-refractivity contribution in [2.24, 2.45) is 0 Å². The number of aliphatic hydroxyl groups excluding tert-OH is 2. The van der Waals surface area contributed by atoms with Gasteiger partial charge in [-0.05, 0) is 48.9 Å². The minimum Gasteiger partial charge on any atom is -0.491 e. The molecular weight excluding hydrogens is 256 g/mol. The van der Waals surface area contributed by atoms with E-state index in [9.17, 15) is 10.2 Å². The Morgan fingerprint density at radius 1 is 0.800 bits per heavy atom. The van der Waals surface area contributed by atoms with E-state index in [-0.39, 0.29) is 13.2 Å². The van der Waals surface area contributed by atoms with E-state index in [2.05, 4.69) is 0 Å². The van der Waals surface area contributed by atoms with E-state index in [1.807, 2.05) is 36.4 Å². The normalized spacial score (nSPS) is 14.0. The second-order valence-corrected chi connectivity index (χ2v) is 4.99. The van der Waals surface area contributed by atoms with Crippen LogP contribution in [-0.4, -0.2) is 35.6 Å². The predicted molar refractivity (Wildman–Crippen MR) is 78.3 cm³/mol. The Morgan fingerprint density at radius 3 is 1.55 bits per heavy atom. The van der Waals surface area contributed by atoms with Crippen LogP contribution in [0.5, 0.6) is 11.5 Å². The van der Waals surface area contributed by atoms with Gasteiger partial charge < -0.3 is 19.7 Å². The minimum absolute atomic E-state index is 0.279. The summed E-state index contributed by atoms with van der Waals surface area (Å²) in [5.74, 6) is 1.46. The van der Waals surface area contributed by atoms with Crippen molar-refractivity contribution in [3.05, 3.63) is 36.4 Å². The van der Waals surface area contributed by atoms with Crippen LogP contribution < -0.4 is 9.47 Å². The third-order valence-electron chi connectivity index (χ3n) is 2.77. The molecule has 0 radical (unpaired) electrons. The van der Waals surface area contributed by atoms with Gasteiger partial charge in [0.1, 0.15) is 24.7 Å². The lowest BCUT2D eigenvalue weighted by atomic mass is 10.1. The SMILES string of the molecule is CC(O)COc1ccc2cc(OCC(C)O)ccc2c1. The number of ether oxygens (including phenoxy) is 2. The van der Waals surface area contributed by atoms with Gasteiger partial charge >= 0.3 is 0 Å². The van der Waals surface area contributed by atoms with Crippen molar-refractivity contribution >= 4 is 10.8 Å². The summed E-state index contributed by atoms with van der Waals surface area (Å²) in [4.78, 5) is 0. The average Bonchev–Trinajstić information content (AvgIpc) is 2.42. The van der Waals surface area contributed by atoms with Gasteiger partial charge in [-0.15, -0.1) is 0 Å². The van der Waals surface area contributed by atoms with Crippen LogP contribution in [0, 0.1) is 0 Å². The van der Waals surface area contributed by atoms with Gasteiger partial charge in [-0.2, -0.15) is 0 Å². The van der Waals surface area contributed by atoms with Crippen LogP contribution in [0.25, 0.3) is 10.8 Å². The van der Waals surface area contributed by atoms with Crippen LogP contribution in [0.15, 0.2) is 36.4 Å². The topological polar surface area (TPSA) is 58.9 Å². The Hall–Kier alpha value is -1.78. The summed E-state index contributed by atoms with van der Waals surface area (Å²) in [5, 5.41) is 20.5. The Kier molecular flexibility index (Phi) is 4.82. The molecule has 108 valence electrons. The van der Waals surface area contributed by atoms with Crippen molar-refractivity contribution in [3.63, 3.8) is 0 Å². The van der Waals surface area contributed by atoms with Crippen LogP contribution in [0.1, 0.15) is 13.8 Å². The fourth-order valence-electron chi connectivity index (χ4n) is 1.82. The van der Waals surface area contributed by atoms with Crippen LogP contribution in [0.2, 0.25) is 0 Å². The number of fused-ring (bicyclic) bond motifs is 1. The number of rotatable bonds is 6. The first kappa shape index (κ1) is 14.6. The molecule has 0 aliphatic rings. The first-order chi connectivity index (χ1) is 9.54. The largest absolute Gasteiger partial charge is 0.491 e. The molecule has 0 saturated heterocycles. The molecule has 2 atom stereocenters. The molecule has 2 unspecified atom stereocenters. The molecule has 2 N–H and O–H groups in total. The molecule has 0 saturated carbocycles. The lowest BCUT2D eigenvalue weighted by Crippen LogP contribution is -2.12. The predicted octanol–water partition coefficient (Wildman–Crippen LogP) is 2.36. The van der Waals surface area contributed by atoms with Crippen LogP contribution in [0.3, 0.4) is 0 Å². The van der Waals surface area contributed by atoms with E-state index in [1.54, 1.807) is 13.8 Å². The smallest absolute Gasteiger partial charge is 0.120 e. The Bertz CT molecular complexity index is 512. The molecule has 20 heavy (non-hydrogen) atoms. The highest BCUT2D eigenvalue weighted by Crippen LogP contribution is 2.25. The standard InChI is InChI=1S/C16H20O4/c1-11(17)9-19-15-5-3-14-8-16(20-10-12(2)18)6-4-13(14)7-15/h3-8,11-12,17-18H,9-10H2,1-2H3. The summed E-state index contributed by atoms with van der Waals surface area (Å²) in [6, 6.07) is 11.5. The van der Waals surface area contributed by atoms with Gasteiger partial charge in [0, 0.05) is 0 Å². The van der Waals surface area contributed by atoms with Crippen molar-refractivity contribution in [2.75, 3.05) is 13.2 Å². The summed E-state index contributed by atoms with van der Waals surface area (Å²) in [5.41, 5.74) is 0. The summed E-state index contributed by atoms with van der Waals surface area (Å²) in [7, 11) is 0. The van der Waals surface area contributed by atoms with Gasteiger partial charge in [0.05, 0.1) is 12.2 Å². The van der Waals surface area contributed by atoms with Gasteiger partial charge in [0.25, 0.3) is 0 Å². The molecule has 0 aliphatic carbocycles. The Balaban J connectivity index is 2.12. The van der Waals surface area contributed by atoms with Gasteiger partial charge in [0.15, 0.2) is 0 Å². The van der Waals surface area contributed by atoms with Crippen molar-refractivity contribution < 1.29 is 19.7 Å². The summed E-state index contributed by atoms with van der Waals surface area (Å²) in [6.45, 7) is 3.93. The van der Waals surface area contributed by atoms with Gasteiger partial charge in [0.2, 0.25) is 0 Å². The highest BCUT2D eigenvalue weighted by Gasteiger charge is 2.03. The van der Waals surface area contributed by atoms with E-state index < -0.39 is 12.2 Å². The molecule has 0 bridgehead atoms. The number of aliphatic hydroxyl groups is 2. The lowest BCUT2D eigenvalue weighted by molar-refractivity contribution is 0.122. The number of hydrogen-bond donors (Lipinski definition) is 2. The fourth-order valence-corrected chi connectivity index (χ4v) is 1.82. The van der Waals surface area contributed by atoms with Gasteiger partial charge in [-0.3, -0.25) is 0 Å². The molecule has 2 rings (SSSR count). The first-order valence-electron chi connectivity index (χ1n) is 6.70. The maximum Gasteiger partial charge on any atom is 0.120 e. The third kappa shape index (κ3) is 4.11. The summed E-state index contributed by atoms with van der Waals surface area (Å²) in [6.07, 6.45) is -0.969. The highest BCUT2D eigenvalue weighted by atomic mass is 16.5. The second kappa shape index (κ2) is 6.59. The zero-order chi connectivity index (χ0) is 14.5. The van der Waals surface area contributed by atoms with Crippen molar-refractivity contribution in [2.45, 2.75) is 26.1 Å². The third-order valence-corrected chi connectivity index (χ3v) is 2.77. The lowest BCUT2D eigenvalue weighted by Gasteiger charge is -2.11. The van der Waals surface area contributed by atoms with E-state index in [0.717, 1.165) is 22.3 Å². The molecule has 2 aromatic rings. The molecule has 0 amide bonds. The minimum atomic E-state index is -0.484. The molecular formula is C16H20O4. The second-order valence-electron chi connectivity index (χ2n) is 4.99. The monoisotopic (exact) mass is 276 g/mol. The van der Waals surface area contributed by atoms with E-state index in [1.165, 1.54) is 0 Å². The number of benzene rings is 2. The Morgan fingerprint density at radius 2 is 1.20 bits per heavy atom. The molecule has 0 spiro atoms. The van der Waals surface area contributed by atoms with Gasteiger partial charge in [-0.25, -0.2) is 0 Å². The van der Waals surface area contributed by atoms with E-state index >= 15 is 0 Å².